The number of likely N-dealkylation sites (N-methyl/N-ethyl adjacent to an activating group) is 1. The lowest BCUT2D eigenvalue weighted by Crippen LogP contribution is -2.46. The number of piperidine rings is 1. The van der Waals surface area contributed by atoms with Gasteiger partial charge < -0.3 is 15.5 Å². The van der Waals surface area contributed by atoms with E-state index in [2.05, 4.69) is 51.7 Å². The first-order valence-corrected chi connectivity index (χ1v) is 9.20. The van der Waals surface area contributed by atoms with Gasteiger partial charge in [0.1, 0.15) is 0 Å². The van der Waals surface area contributed by atoms with Crippen LogP contribution >= 0.6 is 0 Å². The number of carbonyl (C=O) groups excluding carboxylic acids is 1. The number of hydrogen-bond acceptors (Lipinski definition) is 4. The van der Waals surface area contributed by atoms with E-state index in [-0.39, 0.29) is 11.9 Å². The fourth-order valence-electron chi connectivity index (χ4n) is 3.41. The van der Waals surface area contributed by atoms with Crippen molar-refractivity contribution < 1.29 is 4.79 Å². The Morgan fingerprint density at radius 2 is 1.83 bits per heavy atom. The van der Waals surface area contributed by atoms with Gasteiger partial charge in [0.25, 0.3) is 0 Å². The predicted molar refractivity (Wildman–Crippen MR) is 96.7 cm³/mol. The Bertz CT molecular complexity index is 517. The summed E-state index contributed by atoms with van der Waals surface area (Å²) in [6.45, 7) is 7.18. The highest BCUT2D eigenvalue weighted by atomic mass is 16.2. The van der Waals surface area contributed by atoms with E-state index >= 15 is 0 Å². The second kappa shape index (κ2) is 8.60. The van der Waals surface area contributed by atoms with Gasteiger partial charge in [-0.3, -0.25) is 9.69 Å². The second-order valence-corrected chi connectivity index (χ2v) is 7.12. The SMILES string of the molecule is CN1CCN(Cc2ccc(CNC(=O)[C@H]3CCCCN3)cc2)CC1. The molecule has 1 aromatic rings. The van der Waals surface area contributed by atoms with Crippen molar-refractivity contribution in [2.45, 2.75) is 38.4 Å². The van der Waals surface area contributed by atoms with Crippen LogP contribution in [0.25, 0.3) is 0 Å². The molecule has 0 spiro atoms. The number of benzene rings is 1. The molecule has 2 saturated heterocycles. The van der Waals surface area contributed by atoms with Crippen molar-refractivity contribution >= 4 is 5.91 Å². The highest BCUT2D eigenvalue weighted by Gasteiger charge is 2.19. The Balaban J connectivity index is 1.43. The standard InChI is InChI=1S/C19H30N4O/c1-22-10-12-23(13-11-22)15-17-7-5-16(6-8-17)14-21-19(24)18-4-2-3-9-20-18/h5-8,18,20H,2-4,9-15H2,1H3,(H,21,24)/t18-/m1/s1. The number of piperazine rings is 1. The van der Waals surface area contributed by atoms with Gasteiger partial charge in [0.05, 0.1) is 6.04 Å². The maximum absolute atomic E-state index is 12.1. The molecule has 1 atom stereocenters. The topological polar surface area (TPSA) is 47.6 Å². The molecule has 24 heavy (non-hydrogen) atoms. The van der Waals surface area contributed by atoms with Crippen LogP contribution in [0.3, 0.4) is 0 Å². The smallest absolute Gasteiger partial charge is 0.237 e. The van der Waals surface area contributed by atoms with Crippen LogP contribution in [0.1, 0.15) is 30.4 Å². The van der Waals surface area contributed by atoms with E-state index in [1.165, 1.54) is 17.5 Å². The minimum absolute atomic E-state index is 0.00439. The molecule has 0 aromatic heterocycles. The van der Waals surface area contributed by atoms with Crippen molar-refractivity contribution in [3.05, 3.63) is 35.4 Å². The van der Waals surface area contributed by atoms with E-state index in [4.69, 9.17) is 0 Å². The highest BCUT2D eigenvalue weighted by molar-refractivity contribution is 5.81. The number of hydrogen-bond donors (Lipinski definition) is 2. The zero-order valence-corrected chi connectivity index (χ0v) is 14.8. The fraction of sp³-hybridized carbons (Fsp3) is 0.632. The minimum atomic E-state index is -0.00439. The van der Waals surface area contributed by atoms with Crippen molar-refractivity contribution in [2.75, 3.05) is 39.8 Å². The summed E-state index contributed by atoms with van der Waals surface area (Å²) in [7, 11) is 2.18. The molecule has 1 aromatic carbocycles. The molecule has 132 valence electrons. The summed E-state index contributed by atoms with van der Waals surface area (Å²) in [4.78, 5) is 17.0. The monoisotopic (exact) mass is 330 g/mol. The minimum Gasteiger partial charge on any atom is -0.351 e. The van der Waals surface area contributed by atoms with E-state index < -0.39 is 0 Å². The van der Waals surface area contributed by atoms with Crippen LogP contribution in [-0.4, -0.2) is 61.5 Å². The first-order chi connectivity index (χ1) is 11.7. The van der Waals surface area contributed by atoms with Gasteiger partial charge in [-0.05, 0) is 37.6 Å². The van der Waals surface area contributed by atoms with Crippen molar-refractivity contribution in [3.63, 3.8) is 0 Å². The summed E-state index contributed by atoms with van der Waals surface area (Å²) in [5.74, 6) is 0.135. The van der Waals surface area contributed by atoms with Gasteiger partial charge in [-0.25, -0.2) is 0 Å². The van der Waals surface area contributed by atoms with Crippen LogP contribution in [0, 0.1) is 0 Å². The van der Waals surface area contributed by atoms with E-state index in [0.29, 0.717) is 6.54 Å². The van der Waals surface area contributed by atoms with Gasteiger partial charge >= 0.3 is 0 Å². The molecule has 2 heterocycles. The van der Waals surface area contributed by atoms with Crippen molar-refractivity contribution in [1.82, 2.24) is 20.4 Å². The molecule has 0 radical (unpaired) electrons. The second-order valence-electron chi connectivity index (χ2n) is 7.12. The van der Waals surface area contributed by atoms with Crippen molar-refractivity contribution in [1.29, 1.82) is 0 Å². The molecule has 0 unspecified atom stereocenters. The quantitative estimate of drug-likeness (QED) is 0.851. The van der Waals surface area contributed by atoms with E-state index in [0.717, 1.165) is 52.1 Å². The molecule has 2 aliphatic heterocycles. The normalized spacial score (nSPS) is 23.1. The summed E-state index contributed by atoms with van der Waals surface area (Å²) < 4.78 is 0. The molecule has 5 heteroatoms. The Labute approximate surface area is 145 Å². The van der Waals surface area contributed by atoms with Crippen LogP contribution in [0.2, 0.25) is 0 Å². The highest BCUT2D eigenvalue weighted by Crippen LogP contribution is 2.11. The molecular weight excluding hydrogens is 300 g/mol. The van der Waals surface area contributed by atoms with Crippen LogP contribution in [0.4, 0.5) is 0 Å². The van der Waals surface area contributed by atoms with E-state index in [1.807, 2.05) is 0 Å². The molecule has 2 aliphatic rings. The first kappa shape index (κ1) is 17.4. The molecule has 0 aliphatic carbocycles. The van der Waals surface area contributed by atoms with Crippen molar-refractivity contribution in [3.8, 4) is 0 Å². The third kappa shape index (κ3) is 5.03. The van der Waals surface area contributed by atoms with E-state index in [1.54, 1.807) is 0 Å². The first-order valence-electron chi connectivity index (χ1n) is 9.20. The Morgan fingerprint density at radius 3 is 2.50 bits per heavy atom. The van der Waals surface area contributed by atoms with Gasteiger partial charge in [0.15, 0.2) is 0 Å². The Hall–Kier alpha value is -1.43. The average Bonchev–Trinajstić information content (AvgIpc) is 2.63. The maximum atomic E-state index is 12.1. The zero-order chi connectivity index (χ0) is 16.8. The Morgan fingerprint density at radius 1 is 1.12 bits per heavy atom. The van der Waals surface area contributed by atoms with Gasteiger partial charge in [-0.2, -0.15) is 0 Å². The summed E-state index contributed by atoms with van der Waals surface area (Å²) in [5.41, 5.74) is 2.52. The lowest BCUT2D eigenvalue weighted by molar-refractivity contribution is -0.123. The molecule has 0 bridgehead atoms. The van der Waals surface area contributed by atoms with Gasteiger partial charge in [0, 0.05) is 39.3 Å². The molecule has 1 amide bonds. The number of nitrogens with zero attached hydrogens (tertiary/aromatic N) is 2. The Kier molecular flexibility index (Phi) is 6.24. The van der Waals surface area contributed by atoms with Crippen LogP contribution in [0.5, 0.6) is 0 Å². The fourth-order valence-corrected chi connectivity index (χ4v) is 3.41. The third-order valence-electron chi connectivity index (χ3n) is 5.12. The molecule has 5 nitrogen and oxygen atoms in total. The number of nitrogens with one attached hydrogen (secondary N) is 2. The summed E-state index contributed by atoms with van der Waals surface area (Å²) in [6, 6.07) is 8.66. The van der Waals surface area contributed by atoms with Crippen LogP contribution in [0.15, 0.2) is 24.3 Å². The number of carbonyl (C=O) groups is 1. The largest absolute Gasteiger partial charge is 0.351 e. The van der Waals surface area contributed by atoms with Crippen molar-refractivity contribution in [2.24, 2.45) is 0 Å². The lowest BCUT2D eigenvalue weighted by atomic mass is 10.0. The summed E-state index contributed by atoms with van der Waals surface area (Å²) in [6.07, 6.45) is 3.28. The average molecular weight is 330 g/mol. The van der Waals surface area contributed by atoms with E-state index in [9.17, 15) is 4.79 Å². The molecule has 2 N–H and O–H groups in total. The van der Waals surface area contributed by atoms with Gasteiger partial charge in [-0.1, -0.05) is 30.7 Å². The molecular formula is C19H30N4O. The lowest BCUT2D eigenvalue weighted by Gasteiger charge is -2.32. The molecule has 2 fully saturated rings. The van der Waals surface area contributed by atoms with Gasteiger partial charge in [-0.15, -0.1) is 0 Å². The zero-order valence-electron chi connectivity index (χ0n) is 14.8. The summed E-state index contributed by atoms with van der Waals surface area (Å²) in [5, 5.41) is 6.35. The van der Waals surface area contributed by atoms with Gasteiger partial charge in [0.2, 0.25) is 5.91 Å². The summed E-state index contributed by atoms with van der Waals surface area (Å²) >= 11 is 0. The number of rotatable bonds is 5. The molecule has 0 saturated carbocycles. The molecule has 3 rings (SSSR count). The predicted octanol–water partition coefficient (Wildman–Crippen LogP) is 1.19. The maximum Gasteiger partial charge on any atom is 0.237 e. The van der Waals surface area contributed by atoms with Crippen LogP contribution in [-0.2, 0) is 17.9 Å². The number of amides is 1. The third-order valence-corrected chi connectivity index (χ3v) is 5.12. The van der Waals surface area contributed by atoms with Crippen LogP contribution < -0.4 is 10.6 Å².